The van der Waals surface area contributed by atoms with Crippen molar-refractivity contribution in [2.24, 2.45) is 5.14 Å². The Bertz CT molecular complexity index is 1160. The number of rotatable bonds is 6. The summed E-state index contributed by atoms with van der Waals surface area (Å²) in [5, 5.41) is 14.9. The monoisotopic (exact) mass is 429 g/mol. The fourth-order valence-corrected chi connectivity index (χ4v) is 3.46. The number of aryl methyl sites for hydroxylation is 1. The van der Waals surface area contributed by atoms with Gasteiger partial charge in [-0.15, -0.1) is 0 Å². The molecule has 0 fully saturated rings. The maximum absolute atomic E-state index is 13.3. The molecule has 156 valence electrons. The zero-order valence-electron chi connectivity index (χ0n) is 16.1. The van der Waals surface area contributed by atoms with Crippen molar-refractivity contribution in [3.63, 3.8) is 0 Å². The van der Waals surface area contributed by atoms with Gasteiger partial charge in [-0.1, -0.05) is 12.1 Å². The van der Waals surface area contributed by atoms with Crippen LogP contribution in [0.2, 0.25) is 0 Å². The summed E-state index contributed by atoms with van der Waals surface area (Å²) >= 11 is 0. The van der Waals surface area contributed by atoms with Gasteiger partial charge in [0, 0.05) is 30.8 Å². The number of carbonyl (C=O) groups is 1. The van der Waals surface area contributed by atoms with E-state index in [9.17, 15) is 22.8 Å². The Labute approximate surface area is 173 Å². The zero-order chi connectivity index (χ0) is 21.9. The molecule has 0 saturated carbocycles. The molecule has 3 rings (SSSR count). The number of aromatic nitrogens is 1. The summed E-state index contributed by atoms with van der Waals surface area (Å²) in [5.74, 6) is -0.808. The van der Waals surface area contributed by atoms with Crippen LogP contribution in [0, 0.1) is 5.82 Å². The Morgan fingerprint density at radius 3 is 2.27 bits per heavy atom. The molecule has 2 aromatic carbocycles. The average Bonchev–Trinajstić information content (AvgIpc) is 2.72. The van der Waals surface area contributed by atoms with Gasteiger partial charge in [0.2, 0.25) is 15.9 Å². The van der Waals surface area contributed by atoms with Gasteiger partial charge < -0.3 is 0 Å². The van der Waals surface area contributed by atoms with Gasteiger partial charge >= 0.3 is 0 Å². The van der Waals surface area contributed by atoms with Gasteiger partial charge in [-0.05, 0) is 60.0 Å². The van der Waals surface area contributed by atoms with Crippen LogP contribution in [0.5, 0.6) is 0 Å². The highest BCUT2D eigenvalue weighted by Gasteiger charge is 2.14. The molecule has 9 heteroatoms. The summed E-state index contributed by atoms with van der Waals surface area (Å²) in [6.45, 7) is 0. The number of nitrogens with zero attached hydrogens (tertiary/aromatic N) is 2. The molecular weight excluding hydrogens is 409 g/mol. The van der Waals surface area contributed by atoms with E-state index in [2.05, 4.69) is 4.98 Å². The maximum Gasteiger partial charge on any atom is 0.245 e. The molecule has 0 aliphatic heterocycles. The number of nitrogens with two attached hydrogens (primary N) is 1. The molecule has 30 heavy (non-hydrogen) atoms. The van der Waals surface area contributed by atoms with E-state index in [-0.39, 0.29) is 17.1 Å². The number of hydroxylamine groups is 2. The summed E-state index contributed by atoms with van der Waals surface area (Å²) in [5.41, 5.74) is 3.38. The lowest BCUT2D eigenvalue weighted by molar-refractivity contribution is -0.159. The van der Waals surface area contributed by atoms with Crippen molar-refractivity contribution in [3.8, 4) is 22.4 Å². The van der Waals surface area contributed by atoms with Gasteiger partial charge in [0.05, 0.1) is 10.6 Å². The minimum atomic E-state index is -3.83. The maximum atomic E-state index is 13.3. The molecule has 0 radical (unpaired) electrons. The van der Waals surface area contributed by atoms with Crippen molar-refractivity contribution in [2.45, 2.75) is 17.7 Å². The van der Waals surface area contributed by atoms with Gasteiger partial charge in [-0.25, -0.2) is 23.0 Å². The highest BCUT2D eigenvalue weighted by molar-refractivity contribution is 7.89. The standard InChI is InChI=1S/C21H20FN3O4S/c1-25(27)20(26)11-2-14-12-19(15-5-9-18(10-6-15)30(23,28)29)21(24-13-14)16-3-7-17(22)8-4-16/h3-10,12-13,27H,2,11H2,1H3,(H2,23,28,29). The normalized spacial score (nSPS) is 11.3. The number of primary sulfonamides is 1. The smallest absolute Gasteiger partial charge is 0.245 e. The van der Waals surface area contributed by atoms with E-state index in [0.717, 1.165) is 5.56 Å². The Balaban J connectivity index is 2.05. The molecule has 3 aromatic rings. The third-order valence-electron chi connectivity index (χ3n) is 4.54. The minimum absolute atomic E-state index is 0.0183. The molecule has 0 unspecified atom stereocenters. The number of benzene rings is 2. The largest absolute Gasteiger partial charge is 0.286 e. The summed E-state index contributed by atoms with van der Waals surface area (Å²) in [7, 11) is -2.57. The Kier molecular flexibility index (Phi) is 6.25. The fraction of sp³-hybridized carbons (Fsp3) is 0.143. The van der Waals surface area contributed by atoms with Crippen LogP contribution in [0.1, 0.15) is 12.0 Å². The Morgan fingerprint density at radius 2 is 1.70 bits per heavy atom. The third-order valence-corrected chi connectivity index (χ3v) is 5.47. The first-order valence-electron chi connectivity index (χ1n) is 8.98. The first-order chi connectivity index (χ1) is 14.1. The molecule has 7 nitrogen and oxygen atoms in total. The second-order valence-corrected chi connectivity index (χ2v) is 8.29. The second kappa shape index (κ2) is 8.70. The molecular formula is C21H20FN3O4S. The average molecular weight is 429 g/mol. The van der Waals surface area contributed by atoms with Crippen LogP contribution < -0.4 is 5.14 Å². The number of hydrogen-bond acceptors (Lipinski definition) is 5. The van der Waals surface area contributed by atoms with Crippen molar-refractivity contribution < 1.29 is 22.8 Å². The lowest BCUT2D eigenvalue weighted by atomic mass is 9.97. The third kappa shape index (κ3) is 5.07. The molecule has 3 N–H and O–H groups in total. The molecule has 1 heterocycles. The highest BCUT2D eigenvalue weighted by Crippen LogP contribution is 2.32. The quantitative estimate of drug-likeness (QED) is 0.462. The number of sulfonamides is 1. The zero-order valence-corrected chi connectivity index (χ0v) is 16.9. The van der Waals surface area contributed by atoms with Crippen molar-refractivity contribution in [1.82, 2.24) is 10.0 Å². The van der Waals surface area contributed by atoms with Crippen molar-refractivity contribution in [3.05, 3.63) is 72.2 Å². The van der Waals surface area contributed by atoms with Crippen LogP contribution in [0.3, 0.4) is 0 Å². The minimum Gasteiger partial charge on any atom is -0.286 e. The van der Waals surface area contributed by atoms with Gasteiger partial charge in [0.25, 0.3) is 0 Å². The summed E-state index contributed by atoms with van der Waals surface area (Å²) in [6.07, 6.45) is 2.06. The number of hydrogen-bond donors (Lipinski definition) is 2. The van der Waals surface area contributed by atoms with Gasteiger partial charge in [0.15, 0.2) is 0 Å². The van der Waals surface area contributed by atoms with Crippen LogP contribution in [0.15, 0.2) is 65.7 Å². The van der Waals surface area contributed by atoms with Gasteiger partial charge in [-0.3, -0.25) is 15.0 Å². The van der Waals surface area contributed by atoms with E-state index in [4.69, 9.17) is 5.14 Å². The van der Waals surface area contributed by atoms with Gasteiger partial charge in [0.1, 0.15) is 5.82 Å². The number of halogens is 1. The first kappa shape index (κ1) is 21.6. The van der Waals surface area contributed by atoms with E-state index in [1.54, 1.807) is 30.5 Å². The predicted molar refractivity (Wildman–Crippen MR) is 109 cm³/mol. The van der Waals surface area contributed by atoms with Crippen LogP contribution in [-0.2, 0) is 21.2 Å². The topological polar surface area (TPSA) is 114 Å². The Morgan fingerprint density at radius 1 is 1.10 bits per heavy atom. The van der Waals surface area contributed by atoms with E-state index in [1.807, 2.05) is 6.07 Å². The summed E-state index contributed by atoms with van der Waals surface area (Å²) in [6, 6.07) is 13.7. The van der Waals surface area contributed by atoms with E-state index < -0.39 is 15.9 Å². The van der Waals surface area contributed by atoms with Crippen LogP contribution in [0.4, 0.5) is 4.39 Å². The van der Waals surface area contributed by atoms with Crippen molar-refractivity contribution in [2.75, 3.05) is 7.05 Å². The number of pyridine rings is 1. The van der Waals surface area contributed by atoms with Gasteiger partial charge in [-0.2, -0.15) is 0 Å². The van der Waals surface area contributed by atoms with Crippen molar-refractivity contribution in [1.29, 1.82) is 0 Å². The lowest BCUT2D eigenvalue weighted by Crippen LogP contribution is -2.22. The molecule has 0 aliphatic carbocycles. The summed E-state index contributed by atoms with van der Waals surface area (Å²) in [4.78, 5) is 16.2. The van der Waals surface area contributed by atoms with Crippen molar-refractivity contribution >= 4 is 15.9 Å². The molecule has 0 bridgehead atoms. The molecule has 0 saturated heterocycles. The molecule has 0 spiro atoms. The lowest BCUT2D eigenvalue weighted by Gasteiger charge is -2.13. The Hall–Kier alpha value is -3.14. The number of amides is 1. The van der Waals surface area contributed by atoms with E-state index in [1.165, 1.54) is 31.3 Å². The second-order valence-electron chi connectivity index (χ2n) is 6.73. The highest BCUT2D eigenvalue weighted by atomic mass is 32.2. The molecule has 1 amide bonds. The SMILES string of the molecule is CN(O)C(=O)CCc1cnc(-c2ccc(F)cc2)c(-c2ccc(S(N)(=O)=O)cc2)c1. The van der Waals surface area contributed by atoms with Crippen LogP contribution in [0.25, 0.3) is 22.4 Å². The molecule has 1 aromatic heterocycles. The van der Waals surface area contributed by atoms with Crippen LogP contribution in [-0.4, -0.2) is 36.6 Å². The number of carbonyl (C=O) groups excluding carboxylic acids is 1. The first-order valence-corrected chi connectivity index (χ1v) is 10.5. The fourth-order valence-electron chi connectivity index (χ4n) is 2.94. The van der Waals surface area contributed by atoms with E-state index >= 15 is 0 Å². The molecule has 0 aliphatic rings. The molecule has 0 atom stereocenters. The van der Waals surface area contributed by atoms with E-state index in [0.29, 0.717) is 33.9 Å². The summed E-state index contributed by atoms with van der Waals surface area (Å²) < 4.78 is 36.4. The predicted octanol–water partition coefficient (Wildman–Crippen LogP) is 2.98. The van der Waals surface area contributed by atoms with Crippen LogP contribution >= 0.6 is 0 Å².